The number of amides is 1. The summed E-state index contributed by atoms with van der Waals surface area (Å²) in [6.07, 6.45) is 11.5. The molecule has 22 heavy (non-hydrogen) atoms. The first-order valence-electron chi connectivity index (χ1n) is 9.15. The van der Waals surface area contributed by atoms with Crippen molar-refractivity contribution in [3.8, 4) is 0 Å². The predicted molar refractivity (Wildman–Crippen MR) is 92.2 cm³/mol. The number of rotatable bonds is 11. The Morgan fingerprint density at radius 2 is 1.59 bits per heavy atom. The van der Waals surface area contributed by atoms with Crippen LogP contribution in [0.25, 0.3) is 0 Å². The van der Waals surface area contributed by atoms with Gasteiger partial charge in [-0.05, 0) is 40.2 Å². The lowest BCUT2D eigenvalue weighted by atomic mass is 10.1. The van der Waals surface area contributed by atoms with Gasteiger partial charge < -0.3 is 15.4 Å². The van der Waals surface area contributed by atoms with Gasteiger partial charge in [0, 0.05) is 12.1 Å². The van der Waals surface area contributed by atoms with E-state index >= 15 is 0 Å². The molecule has 1 rings (SSSR count). The van der Waals surface area contributed by atoms with Crippen molar-refractivity contribution in [2.24, 2.45) is 0 Å². The minimum atomic E-state index is -0.418. The molecule has 2 N–H and O–H groups in total. The maximum atomic E-state index is 11.6. The number of carbonyl (C=O) groups is 1. The molecule has 0 aliphatic heterocycles. The molecule has 0 radical (unpaired) electrons. The second-order valence-corrected chi connectivity index (χ2v) is 7.52. The molecule has 130 valence electrons. The zero-order valence-electron chi connectivity index (χ0n) is 15.0. The van der Waals surface area contributed by atoms with E-state index in [1.54, 1.807) is 0 Å². The Morgan fingerprint density at radius 1 is 1.00 bits per heavy atom. The summed E-state index contributed by atoms with van der Waals surface area (Å²) in [6.45, 7) is 8.98. The molecule has 4 heteroatoms. The summed E-state index contributed by atoms with van der Waals surface area (Å²) in [5.74, 6) is 0. The van der Waals surface area contributed by atoms with Crippen LogP contribution in [0.5, 0.6) is 0 Å². The first-order chi connectivity index (χ1) is 10.4. The van der Waals surface area contributed by atoms with Gasteiger partial charge in [-0.25, -0.2) is 4.79 Å². The van der Waals surface area contributed by atoms with Gasteiger partial charge in [0.1, 0.15) is 5.60 Å². The summed E-state index contributed by atoms with van der Waals surface area (Å²) in [5.41, 5.74) is -0.418. The van der Waals surface area contributed by atoms with Crippen molar-refractivity contribution in [2.75, 3.05) is 6.54 Å². The summed E-state index contributed by atoms with van der Waals surface area (Å²) in [7, 11) is 0. The Morgan fingerprint density at radius 3 is 2.18 bits per heavy atom. The van der Waals surface area contributed by atoms with Gasteiger partial charge in [-0.15, -0.1) is 0 Å². The van der Waals surface area contributed by atoms with Gasteiger partial charge in [-0.3, -0.25) is 0 Å². The predicted octanol–water partition coefficient (Wildman–Crippen LogP) is 4.38. The van der Waals surface area contributed by atoms with Crippen molar-refractivity contribution in [2.45, 2.75) is 103 Å². The second-order valence-electron chi connectivity index (χ2n) is 7.52. The Hall–Kier alpha value is -0.770. The van der Waals surface area contributed by atoms with E-state index in [1.165, 1.54) is 51.4 Å². The van der Waals surface area contributed by atoms with Crippen LogP contribution in [0.4, 0.5) is 4.79 Å². The second kappa shape index (κ2) is 10.1. The van der Waals surface area contributed by atoms with E-state index in [2.05, 4.69) is 17.6 Å². The van der Waals surface area contributed by atoms with Crippen LogP contribution in [-0.4, -0.2) is 30.3 Å². The van der Waals surface area contributed by atoms with Crippen molar-refractivity contribution in [1.29, 1.82) is 0 Å². The van der Waals surface area contributed by atoms with Crippen molar-refractivity contribution >= 4 is 6.09 Å². The Kier molecular flexibility index (Phi) is 8.84. The number of ether oxygens (including phenoxy) is 1. The maximum absolute atomic E-state index is 11.6. The smallest absolute Gasteiger partial charge is 0.407 e. The molecule has 1 saturated carbocycles. The van der Waals surface area contributed by atoms with E-state index in [-0.39, 0.29) is 12.1 Å². The van der Waals surface area contributed by atoms with Crippen LogP contribution in [-0.2, 0) is 4.74 Å². The fourth-order valence-electron chi connectivity index (χ4n) is 2.59. The van der Waals surface area contributed by atoms with Crippen molar-refractivity contribution < 1.29 is 9.53 Å². The van der Waals surface area contributed by atoms with Crippen LogP contribution in [0, 0.1) is 0 Å². The SMILES string of the molecule is CCCCCCCCCCNC1CC1NC(=O)OC(C)(C)C. The molecular weight excluding hydrogens is 276 g/mol. The van der Waals surface area contributed by atoms with Crippen molar-refractivity contribution in [3.63, 3.8) is 0 Å². The fraction of sp³-hybridized carbons (Fsp3) is 0.944. The molecule has 0 heterocycles. The molecule has 1 aliphatic carbocycles. The summed E-state index contributed by atoms with van der Waals surface area (Å²) < 4.78 is 5.26. The number of hydrogen-bond donors (Lipinski definition) is 2. The average molecular weight is 312 g/mol. The van der Waals surface area contributed by atoms with E-state index in [4.69, 9.17) is 4.74 Å². The molecule has 4 nitrogen and oxygen atoms in total. The number of alkyl carbamates (subject to hydrolysis) is 1. The van der Waals surface area contributed by atoms with Crippen LogP contribution in [0.3, 0.4) is 0 Å². The molecule has 0 aromatic heterocycles. The summed E-state index contributed by atoms with van der Waals surface area (Å²) >= 11 is 0. The summed E-state index contributed by atoms with van der Waals surface area (Å²) in [6, 6.07) is 0.695. The number of carbonyl (C=O) groups excluding carboxylic acids is 1. The van der Waals surface area contributed by atoms with Crippen molar-refractivity contribution in [3.05, 3.63) is 0 Å². The summed E-state index contributed by atoms with van der Waals surface area (Å²) in [4.78, 5) is 11.6. The number of hydrogen-bond acceptors (Lipinski definition) is 3. The zero-order valence-corrected chi connectivity index (χ0v) is 15.0. The van der Waals surface area contributed by atoms with Gasteiger partial charge in [0.15, 0.2) is 0 Å². The topological polar surface area (TPSA) is 50.4 Å². The Labute approximate surface area is 136 Å². The van der Waals surface area contributed by atoms with Gasteiger partial charge in [0.05, 0.1) is 0 Å². The minimum absolute atomic E-state index is 0.254. The standard InChI is InChI=1S/C18H36N2O2/c1-5-6-7-8-9-10-11-12-13-19-15-14-16(15)20-17(21)22-18(2,3)4/h15-16,19H,5-14H2,1-4H3,(H,20,21). The largest absolute Gasteiger partial charge is 0.444 e. The van der Waals surface area contributed by atoms with E-state index in [1.807, 2.05) is 20.8 Å². The average Bonchev–Trinajstić information content (AvgIpc) is 3.12. The van der Waals surface area contributed by atoms with E-state index in [0.29, 0.717) is 6.04 Å². The van der Waals surface area contributed by atoms with Crippen LogP contribution in [0.2, 0.25) is 0 Å². The molecule has 0 saturated heterocycles. The monoisotopic (exact) mass is 312 g/mol. The van der Waals surface area contributed by atoms with Crippen molar-refractivity contribution in [1.82, 2.24) is 10.6 Å². The van der Waals surface area contributed by atoms with Gasteiger partial charge in [0.25, 0.3) is 0 Å². The van der Waals surface area contributed by atoms with Gasteiger partial charge in [-0.2, -0.15) is 0 Å². The number of unbranched alkanes of at least 4 members (excludes halogenated alkanes) is 7. The van der Waals surface area contributed by atoms with Gasteiger partial charge in [0.2, 0.25) is 0 Å². The lowest BCUT2D eigenvalue weighted by molar-refractivity contribution is 0.0522. The third-order valence-electron chi connectivity index (χ3n) is 3.93. The highest BCUT2D eigenvalue weighted by Crippen LogP contribution is 2.22. The highest BCUT2D eigenvalue weighted by molar-refractivity contribution is 5.68. The van der Waals surface area contributed by atoms with Crippen LogP contribution in [0.1, 0.15) is 85.5 Å². The molecule has 0 spiro atoms. The molecule has 1 fully saturated rings. The highest BCUT2D eigenvalue weighted by Gasteiger charge is 2.38. The van der Waals surface area contributed by atoms with Gasteiger partial charge in [-0.1, -0.05) is 51.9 Å². The Balaban J connectivity index is 1.89. The van der Waals surface area contributed by atoms with Crippen LogP contribution < -0.4 is 10.6 Å². The normalized spacial score (nSPS) is 20.7. The van der Waals surface area contributed by atoms with E-state index in [0.717, 1.165) is 13.0 Å². The maximum Gasteiger partial charge on any atom is 0.407 e. The van der Waals surface area contributed by atoms with Crippen LogP contribution in [0.15, 0.2) is 0 Å². The zero-order chi connectivity index (χ0) is 16.4. The molecular formula is C18H36N2O2. The lowest BCUT2D eigenvalue weighted by Crippen LogP contribution is -2.36. The van der Waals surface area contributed by atoms with E-state index in [9.17, 15) is 4.79 Å². The molecule has 0 bridgehead atoms. The molecule has 1 aliphatic rings. The molecule has 1 amide bonds. The lowest BCUT2D eigenvalue weighted by Gasteiger charge is -2.19. The quantitative estimate of drug-likeness (QED) is 0.557. The Bertz CT molecular complexity index is 313. The first kappa shape index (κ1) is 19.3. The molecule has 2 atom stereocenters. The number of nitrogens with one attached hydrogen (secondary N) is 2. The minimum Gasteiger partial charge on any atom is -0.444 e. The highest BCUT2D eigenvalue weighted by atomic mass is 16.6. The molecule has 0 aromatic carbocycles. The third kappa shape index (κ3) is 10.0. The van der Waals surface area contributed by atoms with Gasteiger partial charge >= 0.3 is 6.09 Å². The first-order valence-corrected chi connectivity index (χ1v) is 9.15. The molecule has 0 aromatic rings. The fourth-order valence-corrected chi connectivity index (χ4v) is 2.59. The van der Waals surface area contributed by atoms with Crippen LogP contribution >= 0.6 is 0 Å². The molecule has 2 unspecified atom stereocenters. The third-order valence-corrected chi connectivity index (χ3v) is 3.93. The summed E-state index contributed by atoms with van der Waals surface area (Å²) in [5, 5.41) is 6.43. The van der Waals surface area contributed by atoms with E-state index < -0.39 is 5.60 Å².